The highest BCUT2D eigenvalue weighted by atomic mass is 32.2. The highest BCUT2D eigenvalue weighted by molar-refractivity contribution is 8.17. The molecule has 0 spiro atoms. The van der Waals surface area contributed by atoms with E-state index < -0.39 is 0 Å². The Hall–Kier alpha value is 0.580. The molecule has 0 aromatic carbocycles. The van der Waals surface area contributed by atoms with E-state index in [0.717, 1.165) is 6.42 Å². The van der Waals surface area contributed by atoms with Crippen molar-refractivity contribution >= 4 is 23.5 Å². The highest BCUT2D eigenvalue weighted by Crippen LogP contribution is 2.34. The number of hydrogen-bond donors (Lipinski definition) is 1. The van der Waals surface area contributed by atoms with Crippen LogP contribution < -0.4 is 0 Å². The molecule has 2 heterocycles. The quantitative estimate of drug-likeness (QED) is 0.859. The molecule has 0 saturated carbocycles. The molecule has 0 radical (unpaired) electrons. The number of rotatable bonds is 3. The molecule has 19 heavy (non-hydrogen) atoms. The number of ether oxygens (including phenoxy) is 2. The molecule has 2 fully saturated rings. The molecule has 0 aromatic rings. The topological polar surface area (TPSA) is 38.7 Å². The van der Waals surface area contributed by atoms with Crippen molar-refractivity contribution in [1.29, 1.82) is 0 Å². The molecule has 2 aliphatic heterocycles. The van der Waals surface area contributed by atoms with Gasteiger partial charge in [-0.15, -0.1) is 23.5 Å². The summed E-state index contributed by atoms with van der Waals surface area (Å²) in [5.41, 5.74) is 0. The second-order valence-electron chi connectivity index (χ2n) is 3.90. The Bertz CT molecular complexity index is 199. The van der Waals surface area contributed by atoms with E-state index in [1.807, 2.05) is 58.1 Å². The summed E-state index contributed by atoms with van der Waals surface area (Å²) in [5.74, 6) is 2.45. The fraction of sp³-hybridized carbons (Fsp3) is 1.00. The standard InChI is InChI=1S/C10H18O3S2.2C2H6/c1-7-12-6-9(13-7)8(11)5-10-14-3-2-4-15-10;2*1-2/h7-11H,2-6H2,1H3;2*1-2H3/t7?,8?,9-;;/m0../s1. The lowest BCUT2D eigenvalue weighted by Crippen LogP contribution is -2.31. The Morgan fingerprint density at radius 2 is 1.74 bits per heavy atom. The van der Waals surface area contributed by atoms with Crippen LogP contribution >= 0.6 is 23.5 Å². The molecule has 0 aromatic heterocycles. The van der Waals surface area contributed by atoms with Gasteiger partial charge in [0.25, 0.3) is 0 Å². The maximum Gasteiger partial charge on any atom is 0.155 e. The average molecular weight is 311 g/mol. The lowest BCUT2D eigenvalue weighted by molar-refractivity contribution is -0.0688. The fourth-order valence-electron chi connectivity index (χ4n) is 1.78. The molecule has 0 bridgehead atoms. The lowest BCUT2D eigenvalue weighted by Gasteiger charge is -2.25. The molecule has 1 N–H and O–H groups in total. The van der Waals surface area contributed by atoms with E-state index in [0.29, 0.717) is 11.2 Å². The van der Waals surface area contributed by atoms with E-state index in [9.17, 15) is 5.11 Å². The van der Waals surface area contributed by atoms with Gasteiger partial charge in [-0.05, 0) is 31.3 Å². The van der Waals surface area contributed by atoms with Crippen LogP contribution in [0.3, 0.4) is 0 Å². The Morgan fingerprint density at radius 3 is 2.21 bits per heavy atom. The number of hydrogen-bond acceptors (Lipinski definition) is 5. The molecule has 116 valence electrons. The van der Waals surface area contributed by atoms with Crippen LogP contribution in [0.25, 0.3) is 0 Å². The minimum atomic E-state index is -0.377. The van der Waals surface area contributed by atoms with Crippen LogP contribution in [0.5, 0.6) is 0 Å². The normalized spacial score (nSPS) is 28.7. The van der Waals surface area contributed by atoms with Crippen molar-refractivity contribution in [2.45, 2.75) is 70.5 Å². The summed E-state index contributed by atoms with van der Waals surface area (Å²) in [6.07, 6.45) is 1.45. The third-order valence-electron chi connectivity index (χ3n) is 2.62. The Morgan fingerprint density at radius 1 is 1.16 bits per heavy atom. The van der Waals surface area contributed by atoms with E-state index >= 15 is 0 Å². The Labute approximate surface area is 127 Å². The first-order valence-corrected chi connectivity index (χ1v) is 9.54. The molecular weight excluding hydrogens is 280 g/mol. The summed E-state index contributed by atoms with van der Waals surface area (Å²) < 4.78 is 11.3. The summed E-state index contributed by atoms with van der Waals surface area (Å²) in [4.78, 5) is 0. The number of thioether (sulfide) groups is 2. The van der Waals surface area contributed by atoms with Gasteiger partial charge < -0.3 is 14.6 Å². The van der Waals surface area contributed by atoms with Crippen LogP contribution in [-0.4, -0.2) is 46.3 Å². The Balaban J connectivity index is 0.000000741. The van der Waals surface area contributed by atoms with E-state index in [1.54, 1.807) is 0 Å². The maximum atomic E-state index is 9.99. The molecule has 2 unspecified atom stereocenters. The van der Waals surface area contributed by atoms with Gasteiger partial charge in [0.15, 0.2) is 6.29 Å². The van der Waals surface area contributed by atoms with Crippen molar-refractivity contribution in [2.75, 3.05) is 18.1 Å². The van der Waals surface area contributed by atoms with Crippen LogP contribution in [0, 0.1) is 0 Å². The van der Waals surface area contributed by atoms with Crippen molar-refractivity contribution in [3.05, 3.63) is 0 Å². The average Bonchev–Trinajstić information content (AvgIpc) is 2.91. The van der Waals surface area contributed by atoms with E-state index in [1.165, 1.54) is 17.9 Å². The van der Waals surface area contributed by atoms with Crippen molar-refractivity contribution in [3.63, 3.8) is 0 Å². The first-order valence-electron chi connectivity index (χ1n) is 7.44. The van der Waals surface area contributed by atoms with Gasteiger partial charge in [0.05, 0.1) is 17.3 Å². The second kappa shape index (κ2) is 12.3. The van der Waals surface area contributed by atoms with Gasteiger partial charge in [0.1, 0.15) is 6.10 Å². The summed E-state index contributed by atoms with van der Waals surface area (Å²) in [7, 11) is 0. The van der Waals surface area contributed by atoms with Crippen LogP contribution in [0.2, 0.25) is 0 Å². The summed E-state index contributed by atoms with van der Waals surface area (Å²) in [6.45, 7) is 10.4. The van der Waals surface area contributed by atoms with Gasteiger partial charge in [-0.25, -0.2) is 0 Å². The SMILES string of the molecule is CC.CC.CC1OC[C@@H](C(O)CC2SCCCS2)O1. The molecule has 5 heteroatoms. The lowest BCUT2D eigenvalue weighted by atomic mass is 10.2. The molecular formula is C14H30O3S2. The zero-order chi connectivity index (χ0) is 14.7. The summed E-state index contributed by atoms with van der Waals surface area (Å²) in [5, 5.41) is 9.99. The third-order valence-corrected chi connectivity index (χ3v) is 5.61. The first kappa shape index (κ1) is 19.6. The first-order chi connectivity index (χ1) is 9.25. The van der Waals surface area contributed by atoms with E-state index in [4.69, 9.17) is 9.47 Å². The van der Waals surface area contributed by atoms with Gasteiger partial charge in [-0.1, -0.05) is 27.7 Å². The van der Waals surface area contributed by atoms with Crippen LogP contribution in [0.4, 0.5) is 0 Å². The predicted octanol–water partition coefficient (Wildman–Crippen LogP) is 3.75. The van der Waals surface area contributed by atoms with Crippen molar-refractivity contribution in [1.82, 2.24) is 0 Å². The fourth-order valence-corrected chi connectivity index (χ4v) is 4.74. The van der Waals surface area contributed by atoms with Crippen LogP contribution in [0.15, 0.2) is 0 Å². The third kappa shape index (κ3) is 7.81. The van der Waals surface area contributed by atoms with Crippen molar-refractivity contribution in [3.8, 4) is 0 Å². The van der Waals surface area contributed by atoms with Crippen LogP contribution in [0.1, 0.15) is 47.5 Å². The zero-order valence-electron chi connectivity index (χ0n) is 12.9. The minimum Gasteiger partial charge on any atom is -0.390 e. The van der Waals surface area contributed by atoms with Crippen molar-refractivity contribution < 1.29 is 14.6 Å². The second-order valence-corrected chi connectivity index (χ2v) is 6.82. The van der Waals surface area contributed by atoms with Crippen molar-refractivity contribution in [2.24, 2.45) is 0 Å². The Kier molecular flexibility index (Phi) is 12.7. The monoisotopic (exact) mass is 310 g/mol. The largest absolute Gasteiger partial charge is 0.390 e. The highest BCUT2D eigenvalue weighted by Gasteiger charge is 2.31. The maximum absolute atomic E-state index is 9.99. The summed E-state index contributed by atoms with van der Waals surface area (Å²) in [6, 6.07) is 0. The van der Waals surface area contributed by atoms with E-state index in [-0.39, 0.29) is 18.5 Å². The molecule has 3 nitrogen and oxygen atoms in total. The molecule has 2 saturated heterocycles. The summed E-state index contributed by atoms with van der Waals surface area (Å²) >= 11 is 3.92. The molecule has 2 rings (SSSR count). The van der Waals surface area contributed by atoms with E-state index in [2.05, 4.69) is 0 Å². The molecule has 2 aliphatic rings. The minimum absolute atomic E-state index is 0.122. The van der Waals surface area contributed by atoms with Gasteiger partial charge in [0.2, 0.25) is 0 Å². The van der Waals surface area contributed by atoms with Gasteiger partial charge in [-0.3, -0.25) is 0 Å². The smallest absolute Gasteiger partial charge is 0.155 e. The van der Waals surface area contributed by atoms with Gasteiger partial charge in [0, 0.05) is 0 Å². The van der Waals surface area contributed by atoms with Gasteiger partial charge >= 0.3 is 0 Å². The predicted molar refractivity (Wildman–Crippen MR) is 86.9 cm³/mol. The van der Waals surface area contributed by atoms with Gasteiger partial charge in [-0.2, -0.15) is 0 Å². The number of aliphatic hydroxyl groups is 1. The molecule has 0 aliphatic carbocycles. The van der Waals surface area contributed by atoms with Crippen LogP contribution in [-0.2, 0) is 9.47 Å². The zero-order valence-corrected chi connectivity index (χ0v) is 14.6. The molecule has 0 amide bonds. The molecule has 3 atom stereocenters. The number of aliphatic hydroxyl groups excluding tert-OH is 1.